The van der Waals surface area contributed by atoms with Gasteiger partial charge >= 0.3 is 0 Å². The molecule has 5 heteroatoms. The molecule has 2 rings (SSSR count). The summed E-state index contributed by atoms with van der Waals surface area (Å²) in [6.45, 7) is 0. The van der Waals surface area contributed by atoms with Gasteiger partial charge < -0.3 is 9.94 Å². The van der Waals surface area contributed by atoms with E-state index in [1.54, 1.807) is 36.4 Å². The molecule has 0 aliphatic heterocycles. The Kier molecular flexibility index (Phi) is 3.57. The zero-order valence-corrected chi connectivity index (χ0v) is 9.50. The van der Waals surface area contributed by atoms with Crippen LogP contribution in [0.3, 0.4) is 0 Å². The first-order valence-corrected chi connectivity index (χ1v) is 5.22. The molecule has 0 amide bonds. The summed E-state index contributed by atoms with van der Waals surface area (Å²) < 4.78 is 5.51. The first kappa shape index (κ1) is 11.4. The van der Waals surface area contributed by atoms with Gasteiger partial charge in [-0.05, 0) is 23.8 Å². The fourth-order valence-corrected chi connectivity index (χ4v) is 1.38. The van der Waals surface area contributed by atoms with Crippen LogP contribution >= 0.6 is 11.6 Å². The minimum Gasteiger partial charge on any atom is -0.439 e. The molecule has 0 unspecified atom stereocenters. The number of benzene rings is 1. The van der Waals surface area contributed by atoms with Crippen LogP contribution in [0.5, 0.6) is 11.6 Å². The average molecular weight is 249 g/mol. The number of ether oxygens (including phenoxy) is 1. The molecule has 86 valence electrons. The number of oxime groups is 1. The van der Waals surface area contributed by atoms with E-state index in [1.807, 2.05) is 0 Å². The minimum absolute atomic E-state index is 0.451. The minimum atomic E-state index is 0.451. The number of hydrogen-bond donors (Lipinski definition) is 1. The maximum atomic E-state index is 8.43. The second-order valence-electron chi connectivity index (χ2n) is 3.23. The molecule has 1 heterocycles. The zero-order chi connectivity index (χ0) is 12.1. The predicted octanol–water partition coefficient (Wildman–Crippen LogP) is 3.34. The summed E-state index contributed by atoms with van der Waals surface area (Å²) in [5, 5.41) is 11.9. The van der Waals surface area contributed by atoms with Crippen molar-refractivity contribution in [2.75, 3.05) is 0 Å². The van der Waals surface area contributed by atoms with E-state index >= 15 is 0 Å². The van der Waals surface area contributed by atoms with Gasteiger partial charge in [0.15, 0.2) is 0 Å². The summed E-state index contributed by atoms with van der Waals surface area (Å²) >= 11 is 5.72. The molecule has 1 aromatic carbocycles. The lowest BCUT2D eigenvalue weighted by Crippen LogP contribution is -1.88. The predicted molar refractivity (Wildman–Crippen MR) is 65.1 cm³/mol. The van der Waals surface area contributed by atoms with Gasteiger partial charge in [-0.1, -0.05) is 28.9 Å². The molecule has 2 aromatic rings. The van der Waals surface area contributed by atoms with Crippen molar-refractivity contribution < 1.29 is 9.94 Å². The van der Waals surface area contributed by atoms with Gasteiger partial charge in [-0.2, -0.15) is 0 Å². The molecule has 0 aliphatic rings. The molecule has 1 N–H and O–H groups in total. The van der Waals surface area contributed by atoms with Crippen molar-refractivity contribution in [2.45, 2.75) is 0 Å². The molecule has 0 bridgehead atoms. The third-order valence-electron chi connectivity index (χ3n) is 1.99. The van der Waals surface area contributed by atoms with Crippen LogP contribution in [0.4, 0.5) is 0 Å². The van der Waals surface area contributed by atoms with Gasteiger partial charge in [0.05, 0.1) is 11.2 Å². The Bertz CT molecular complexity index is 526. The zero-order valence-electron chi connectivity index (χ0n) is 8.75. The second kappa shape index (κ2) is 5.32. The number of rotatable bonds is 3. The maximum absolute atomic E-state index is 8.43. The molecule has 17 heavy (non-hydrogen) atoms. The van der Waals surface area contributed by atoms with Crippen LogP contribution in [0, 0.1) is 0 Å². The molecule has 4 nitrogen and oxygen atoms in total. The van der Waals surface area contributed by atoms with Crippen molar-refractivity contribution in [3.63, 3.8) is 0 Å². The molecule has 0 atom stereocenters. The number of hydrogen-bond acceptors (Lipinski definition) is 4. The lowest BCUT2D eigenvalue weighted by molar-refractivity contribution is 0.322. The Balaban J connectivity index is 2.18. The summed E-state index contributed by atoms with van der Waals surface area (Å²) in [6.07, 6.45) is 2.83. The standard InChI is InChI=1S/C12H9ClN2O2/c13-10-4-5-12(14-8-10)17-11-3-1-2-9(6-11)7-15-16/h1-8,16H. The van der Waals surface area contributed by atoms with E-state index in [2.05, 4.69) is 10.1 Å². The van der Waals surface area contributed by atoms with E-state index in [9.17, 15) is 0 Å². The van der Waals surface area contributed by atoms with Gasteiger partial charge in [-0.3, -0.25) is 0 Å². The SMILES string of the molecule is ON=Cc1cccc(Oc2ccc(Cl)cn2)c1. The molecular formula is C12H9ClN2O2. The lowest BCUT2D eigenvalue weighted by atomic mass is 10.2. The van der Waals surface area contributed by atoms with E-state index in [0.717, 1.165) is 5.56 Å². The van der Waals surface area contributed by atoms with Gasteiger partial charge in [-0.25, -0.2) is 4.98 Å². The molecule has 0 saturated heterocycles. The van der Waals surface area contributed by atoms with E-state index < -0.39 is 0 Å². The number of pyridine rings is 1. The molecule has 0 radical (unpaired) electrons. The second-order valence-corrected chi connectivity index (χ2v) is 3.67. The summed E-state index contributed by atoms with van der Waals surface area (Å²) in [6, 6.07) is 10.5. The van der Waals surface area contributed by atoms with Crippen molar-refractivity contribution in [1.29, 1.82) is 0 Å². The number of aromatic nitrogens is 1. The lowest BCUT2D eigenvalue weighted by Gasteiger charge is -2.04. The highest BCUT2D eigenvalue weighted by Gasteiger charge is 1.99. The van der Waals surface area contributed by atoms with Crippen LogP contribution in [0.25, 0.3) is 0 Å². The van der Waals surface area contributed by atoms with Crippen LogP contribution in [0.1, 0.15) is 5.56 Å². The van der Waals surface area contributed by atoms with E-state index in [-0.39, 0.29) is 0 Å². The highest BCUT2D eigenvalue weighted by atomic mass is 35.5. The molecule has 1 aromatic heterocycles. The Morgan fingerprint density at radius 3 is 2.88 bits per heavy atom. The van der Waals surface area contributed by atoms with Crippen LogP contribution in [0.15, 0.2) is 47.8 Å². The summed E-state index contributed by atoms with van der Waals surface area (Å²) in [7, 11) is 0. The van der Waals surface area contributed by atoms with Crippen LogP contribution in [-0.4, -0.2) is 16.4 Å². The number of halogens is 1. The fourth-order valence-electron chi connectivity index (χ4n) is 1.27. The third-order valence-corrected chi connectivity index (χ3v) is 2.21. The van der Waals surface area contributed by atoms with Gasteiger partial charge in [0, 0.05) is 12.3 Å². The maximum Gasteiger partial charge on any atom is 0.219 e. The van der Waals surface area contributed by atoms with E-state index in [0.29, 0.717) is 16.7 Å². The summed E-state index contributed by atoms with van der Waals surface area (Å²) in [5.74, 6) is 1.06. The molecule has 0 fully saturated rings. The van der Waals surface area contributed by atoms with Crippen molar-refractivity contribution in [2.24, 2.45) is 5.16 Å². The average Bonchev–Trinajstić information content (AvgIpc) is 2.33. The molecule has 0 spiro atoms. The number of nitrogens with zero attached hydrogens (tertiary/aromatic N) is 2. The quantitative estimate of drug-likeness (QED) is 0.515. The molecular weight excluding hydrogens is 240 g/mol. The third kappa shape index (κ3) is 3.19. The van der Waals surface area contributed by atoms with Crippen LogP contribution in [0.2, 0.25) is 5.02 Å². The highest BCUT2D eigenvalue weighted by Crippen LogP contribution is 2.20. The van der Waals surface area contributed by atoms with Gasteiger partial charge in [0.25, 0.3) is 0 Å². The Morgan fingerprint density at radius 1 is 1.29 bits per heavy atom. The van der Waals surface area contributed by atoms with Crippen molar-refractivity contribution >= 4 is 17.8 Å². The molecule has 0 aliphatic carbocycles. The molecule has 0 saturated carbocycles. The smallest absolute Gasteiger partial charge is 0.219 e. The van der Waals surface area contributed by atoms with Crippen LogP contribution in [-0.2, 0) is 0 Å². The van der Waals surface area contributed by atoms with E-state index in [4.69, 9.17) is 21.5 Å². The first-order chi connectivity index (χ1) is 8.28. The monoisotopic (exact) mass is 248 g/mol. The van der Waals surface area contributed by atoms with Crippen LogP contribution < -0.4 is 4.74 Å². The van der Waals surface area contributed by atoms with E-state index in [1.165, 1.54) is 12.4 Å². The Morgan fingerprint density at radius 2 is 2.18 bits per heavy atom. The van der Waals surface area contributed by atoms with Gasteiger partial charge in [-0.15, -0.1) is 0 Å². The first-order valence-electron chi connectivity index (χ1n) is 4.85. The van der Waals surface area contributed by atoms with Crippen molar-refractivity contribution in [3.05, 3.63) is 53.2 Å². The van der Waals surface area contributed by atoms with Crippen molar-refractivity contribution in [1.82, 2.24) is 4.98 Å². The van der Waals surface area contributed by atoms with Gasteiger partial charge in [0.2, 0.25) is 5.88 Å². The summed E-state index contributed by atoms with van der Waals surface area (Å²) in [4.78, 5) is 4.01. The highest BCUT2D eigenvalue weighted by molar-refractivity contribution is 6.30. The summed E-state index contributed by atoms with van der Waals surface area (Å²) in [5.41, 5.74) is 0.735. The fraction of sp³-hybridized carbons (Fsp3) is 0. The largest absolute Gasteiger partial charge is 0.439 e. The topological polar surface area (TPSA) is 54.7 Å². The Hall–Kier alpha value is -2.07. The van der Waals surface area contributed by atoms with Crippen molar-refractivity contribution in [3.8, 4) is 11.6 Å². The van der Waals surface area contributed by atoms with Gasteiger partial charge in [0.1, 0.15) is 5.75 Å². The normalized spacial score (nSPS) is 10.6. The Labute approximate surface area is 103 Å².